The van der Waals surface area contributed by atoms with E-state index < -0.39 is 0 Å². The van der Waals surface area contributed by atoms with E-state index in [0.717, 1.165) is 5.69 Å². The van der Waals surface area contributed by atoms with Gasteiger partial charge in [0.25, 0.3) is 5.91 Å². The highest BCUT2D eigenvalue weighted by Gasteiger charge is 2.29. The van der Waals surface area contributed by atoms with E-state index in [1.54, 1.807) is 17.0 Å². The predicted octanol–water partition coefficient (Wildman–Crippen LogP) is 3.06. The van der Waals surface area contributed by atoms with E-state index in [1.165, 1.54) is 0 Å². The third kappa shape index (κ3) is 2.52. The molecule has 0 saturated carbocycles. The van der Waals surface area contributed by atoms with Gasteiger partial charge >= 0.3 is 0 Å². The SMILES string of the molecule is C[C@@H]1CC(=O)Nc2ccccc2N1C(=O)c1ccccc1. The lowest BCUT2D eigenvalue weighted by Gasteiger charge is -2.27. The standard InChI is InChI=1S/C17H16N2O2/c1-12-11-16(20)18-14-9-5-6-10-15(14)19(12)17(21)13-7-3-2-4-8-13/h2-10,12H,11H2,1H3,(H,18,20)/t12-/m1/s1. The molecule has 1 aliphatic heterocycles. The molecule has 0 unspecified atom stereocenters. The monoisotopic (exact) mass is 280 g/mol. The van der Waals surface area contributed by atoms with Crippen molar-refractivity contribution in [2.45, 2.75) is 19.4 Å². The van der Waals surface area contributed by atoms with Gasteiger partial charge in [-0.25, -0.2) is 0 Å². The van der Waals surface area contributed by atoms with Gasteiger partial charge in [-0.2, -0.15) is 0 Å². The molecule has 1 heterocycles. The van der Waals surface area contributed by atoms with Crippen LogP contribution in [-0.2, 0) is 4.79 Å². The number of anilines is 2. The van der Waals surface area contributed by atoms with Crippen LogP contribution in [-0.4, -0.2) is 17.9 Å². The first-order chi connectivity index (χ1) is 10.2. The first kappa shape index (κ1) is 13.4. The van der Waals surface area contributed by atoms with E-state index in [1.807, 2.05) is 49.4 Å². The summed E-state index contributed by atoms with van der Waals surface area (Å²) < 4.78 is 0. The Bertz CT molecular complexity index is 682. The van der Waals surface area contributed by atoms with Gasteiger partial charge in [0.1, 0.15) is 0 Å². The Hall–Kier alpha value is -2.62. The lowest BCUT2D eigenvalue weighted by molar-refractivity contribution is -0.116. The largest absolute Gasteiger partial charge is 0.324 e. The summed E-state index contributed by atoms with van der Waals surface area (Å²) in [5.41, 5.74) is 2.04. The fourth-order valence-electron chi connectivity index (χ4n) is 2.62. The highest BCUT2D eigenvalue weighted by molar-refractivity contribution is 6.11. The second kappa shape index (κ2) is 5.40. The van der Waals surface area contributed by atoms with E-state index in [0.29, 0.717) is 11.3 Å². The second-order valence-electron chi connectivity index (χ2n) is 5.16. The topological polar surface area (TPSA) is 49.4 Å². The number of hydrogen-bond donors (Lipinski definition) is 1. The molecule has 0 spiro atoms. The average Bonchev–Trinajstić information content (AvgIpc) is 2.62. The van der Waals surface area contributed by atoms with Crippen LogP contribution in [0.3, 0.4) is 0 Å². The first-order valence-electron chi connectivity index (χ1n) is 6.94. The van der Waals surface area contributed by atoms with Crippen LogP contribution in [0.15, 0.2) is 54.6 Å². The molecule has 4 heteroatoms. The smallest absolute Gasteiger partial charge is 0.258 e. The molecular weight excluding hydrogens is 264 g/mol. The molecule has 3 rings (SSSR count). The molecule has 21 heavy (non-hydrogen) atoms. The van der Waals surface area contributed by atoms with Crippen LogP contribution in [0.4, 0.5) is 11.4 Å². The Balaban J connectivity index is 2.07. The summed E-state index contributed by atoms with van der Waals surface area (Å²) in [7, 11) is 0. The van der Waals surface area contributed by atoms with Gasteiger partial charge in [0, 0.05) is 18.0 Å². The van der Waals surface area contributed by atoms with Crippen molar-refractivity contribution in [3.8, 4) is 0 Å². The van der Waals surface area contributed by atoms with Crippen molar-refractivity contribution >= 4 is 23.2 Å². The van der Waals surface area contributed by atoms with E-state index >= 15 is 0 Å². The fourth-order valence-corrected chi connectivity index (χ4v) is 2.62. The van der Waals surface area contributed by atoms with Crippen LogP contribution in [0.5, 0.6) is 0 Å². The zero-order valence-electron chi connectivity index (χ0n) is 11.7. The molecule has 0 radical (unpaired) electrons. The lowest BCUT2D eigenvalue weighted by atomic mass is 10.1. The van der Waals surface area contributed by atoms with Crippen molar-refractivity contribution in [1.82, 2.24) is 0 Å². The van der Waals surface area contributed by atoms with E-state index in [9.17, 15) is 9.59 Å². The van der Waals surface area contributed by atoms with Crippen molar-refractivity contribution in [2.75, 3.05) is 10.2 Å². The maximum atomic E-state index is 12.8. The molecule has 0 aromatic heterocycles. The molecule has 2 amide bonds. The van der Waals surface area contributed by atoms with E-state index in [2.05, 4.69) is 5.32 Å². The average molecular weight is 280 g/mol. The van der Waals surface area contributed by atoms with Crippen LogP contribution in [0.25, 0.3) is 0 Å². The van der Waals surface area contributed by atoms with Crippen molar-refractivity contribution in [3.05, 3.63) is 60.2 Å². The third-order valence-corrected chi connectivity index (χ3v) is 3.60. The Morgan fingerprint density at radius 1 is 1.10 bits per heavy atom. The Labute approximate surface area is 123 Å². The summed E-state index contributed by atoms with van der Waals surface area (Å²) in [5.74, 6) is -0.162. The summed E-state index contributed by atoms with van der Waals surface area (Å²) in [6.07, 6.45) is 0.285. The number of hydrogen-bond acceptors (Lipinski definition) is 2. The molecule has 0 saturated heterocycles. The molecule has 1 atom stereocenters. The van der Waals surface area contributed by atoms with E-state index in [-0.39, 0.29) is 24.3 Å². The Morgan fingerprint density at radius 3 is 2.52 bits per heavy atom. The highest BCUT2D eigenvalue weighted by Crippen LogP contribution is 2.32. The number of nitrogens with one attached hydrogen (secondary N) is 1. The summed E-state index contributed by atoms with van der Waals surface area (Å²) in [4.78, 5) is 26.4. The third-order valence-electron chi connectivity index (χ3n) is 3.60. The van der Waals surface area contributed by atoms with Gasteiger partial charge in [0.05, 0.1) is 11.4 Å². The number of nitrogens with zero attached hydrogens (tertiary/aromatic N) is 1. The number of carbonyl (C=O) groups is 2. The first-order valence-corrected chi connectivity index (χ1v) is 6.94. The van der Waals surface area contributed by atoms with Crippen molar-refractivity contribution in [3.63, 3.8) is 0 Å². The number of benzene rings is 2. The summed E-state index contributed by atoms with van der Waals surface area (Å²) in [6.45, 7) is 1.89. The van der Waals surface area contributed by atoms with E-state index in [4.69, 9.17) is 0 Å². The van der Waals surface area contributed by atoms with Gasteiger partial charge < -0.3 is 10.2 Å². The summed E-state index contributed by atoms with van der Waals surface area (Å²) in [5, 5.41) is 2.86. The van der Waals surface area contributed by atoms with Crippen LogP contribution in [0, 0.1) is 0 Å². The van der Waals surface area contributed by atoms with Gasteiger partial charge in [-0.05, 0) is 31.2 Å². The predicted molar refractivity (Wildman–Crippen MR) is 82.4 cm³/mol. The Kier molecular flexibility index (Phi) is 3.44. The molecule has 0 bridgehead atoms. The van der Waals surface area contributed by atoms with Gasteiger partial charge in [-0.15, -0.1) is 0 Å². The molecule has 0 aliphatic carbocycles. The molecule has 1 N–H and O–H groups in total. The molecular formula is C17H16N2O2. The van der Waals surface area contributed by atoms with Gasteiger partial charge in [0.15, 0.2) is 0 Å². The van der Waals surface area contributed by atoms with Gasteiger partial charge in [0.2, 0.25) is 5.91 Å². The Morgan fingerprint density at radius 2 is 1.76 bits per heavy atom. The zero-order valence-corrected chi connectivity index (χ0v) is 11.7. The van der Waals surface area contributed by atoms with Crippen molar-refractivity contribution in [1.29, 1.82) is 0 Å². The summed E-state index contributed by atoms with van der Waals surface area (Å²) in [6, 6.07) is 16.3. The summed E-state index contributed by atoms with van der Waals surface area (Å²) >= 11 is 0. The molecule has 2 aromatic carbocycles. The van der Waals surface area contributed by atoms with Gasteiger partial charge in [-0.3, -0.25) is 9.59 Å². The van der Waals surface area contributed by atoms with Crippen LogP contribution >= 0.6 is 0 Å². The normalized spacial score (nSPS) is 17.7. The van der Waals surface area contributed by atoms with Crippen LogP contribution in [0.1, 0.15) is 23.7 Å². The highest BCUT2D eigenvalue weighted by atomic mass is 16.2. The van der Waals surface area contributed by atoms with Crippen LogP contribution < -0.4 is 10.2 Å². The van der Waals surface area contributed by atoms with Crippen molar-refractivity contribution < 1.29 is 9.59 Å². The number of rotatable bonds is 1. The second-order valence-corrected chi connectivity index (χ2v) is 5.16. The molecule has 2 aromatic rings. The minimum atomic E-state index is -0.193. The number of fused-ring (bicyclic) bond motifs is 1. The maximum Gasteiger partial charge on any atom is 0.258 e. The fraction of sp³-hybridized carbons (Fsp3) is 0.176. The quantitative estimate of drug-likeness (QED) is 0.872. The number of para-hydroxylation sites is 2. The minimum Gasteiger partial charge on any atom is -0.324 e. The number of carbonyl (C=O) groups excluding carboxylic acids is 2. The molecule has 0 fully saturated rings. The van der Waals surface area contributed by atoms with Gasteiger partial charge in [-0.1, -0.05) is 30.3 Å². The minimum absolute atomic E-state index is 0.0710. The van der Waals surface area contributed by atoms with Crippen LogP contribution in [0.2, 0.25) is 0 Å². The molecule has 1 aliphatic rings. The zero-order chi connectivity index (χ0) is 14.8. The maximum absolute atomic E-state index is 12.8. The van der Waals surface area contributed by atoms with Crippen molar-refractivity contribution in [2.24, 2.45) is 0 Å². The molecule has 4 nitrogen and oxygen atoms in total. The lowest BCUT2D eigenvalue weighted by Crippen LogP contribution is -2.39. The molecule has 106 valence electrons. The number of amides is 2.